The van der Waals surface area contributed by atoms with Crippen molar-refractivity contribution >= 4 is 11.6 Å². The van der Waals surface area contributed by atoms with Crippen LogP contribution in [-0.2, 0) is 0 Å². The Bertz CT molecular complexity index is 731. The summed E-state index contributed by atoms with van der Waals surface area (Å²) in [5.74, 6) is 1.24. The maximum Gasteiger partial charge on any atom is 0.257 e. The Kier molecular flexibility index (Phi) is 4.11. The van der Waals surface area contributed by atoms with Crippen LogP contribution < -0.4 is 4.90 Å². The van der Waals surface area contributed by atoms with Crippen molar-refractivity contribution in [2.45, 2.75) is 20.8 Å². The molecule has 0 atom stereocenters. The second-order valence-electron chi connectivity index (χ2n) is 5.95. The van der Waals surface area contributed by atoms with Gasteiger partial charge in [-0.2, -0.15) is 0 Å². The summed E-state index contributed by atoms with van der Waals surface area (Å²) in [6, 6.07) is 6.76. The number of carbonyl (C=O) groups excluding carboxylic acids is 1. The molecule has 0 N–H and O–H groups in total. The summed E-state index contributed by atoms with van der Waals surface area (Å²) in [5, 5.41) is 0. The lowest BCUT2D eigenvalue weighted by Gasteiger charge is -2.36. The Hall–Kier alpha value is -2.30. The molecule has 23 heavy (non-hydrogen) atoms. The van der Waals surface area contributed by atoms with Crippen LogP contribution in [0.4, 0.5) is 10.1 Å². The van der Waals surface area contributed by atoms with Gasteiger partial charge in [-0.05, 0) is 32.9 Å². The van der Waals surface area contributed by atoms with Crippen LogP contribution >= 0.6 is 0 Å². The minimum absolute atomic E-state index is 0.00466. The Morgan fingerprint density at radius 2 is 1.70 bits per heavy atom. The maximum atomic E-state index is 13.9. The quantitative estimate of drug-likeness (QED) is 0.853. The number of nitrogens with zero attached hydrogens (tertiary/aromatic N) is 2. The topological polar surface area (TPSA) is 36.7 Å². The number of hydrogen-bond acceptors (Lipinski definition) is 3. The number of carbonyl (C=O) groups is 1. The molecule has 1 aliphatic heterocycles. The number of hydrogen-bond donors (Lipinski definition) is 0. The van der Waals surface area contributed by atoms with E-state index in [1.54, 1.807) is 12.1 Å². The number of halogens is 1. The first kappa shape index (κ1) is 15.6. The number of benzene rings is 1. The summed E-state index contributed by atoms with van der Waals surface area (Å²) < 4.78 is 19.4. The van der Waals surface area contributed by atoms with Gasteiger partial charge in [-0.1, -0.05) is 12.1 Å². The summed E-state index contributed by atoms with van der Waals surface area (Å²) in [7, 11) is 0. The van der Waals surface area contributed by atoms with Gasteiger partial charge in [0, 0.05) is 31.7 Å². The third-order valence-electron chi connectivity index (χ3n) is 4.54. The first-order chi connectivity index (χ1) is 11.0. The molecule has 1 aliphatic rings. The Morgan fingerprint density at radius 1 is 1.04 bits per heavy atom. The zero-order chi connectivity index (χ0) is 16.6. The molecule has 0 aliphatic carbocycles. The fraction of sp³-hybridized carbons (Fsp3) is 0.389. The van der Waals surface area contributed by atoms with Gasteiger partial charge in [-0.15, -0.1) is 0 Å². The molecule has 0 radical (unpaired) electrons. The summed E-state index contributed by atoms with van der Waals surface area (Å²) in [5.41, 5.74) is 2.18. The van der Waals surface area contributed by atoms with Crippen LogP contribution in [0.2, 0.25) is 0 Å². The van der Waals surface area contributed by atoms with E-state index in [0.717, 1.165) is 11.3 Å². The van der Waals surface area contributed by atoms with Crippen molar-refractivity contribution in [3.8, 4) is 0 Å². The third kappa shape index (κ3) is 2.83. The first-order valence-electron chi connectivity index (χ1n) is 7.84. The van der Waals surface area contributed by atoms with Gasteiger partial charge in [0.25, 0.3) is 5.91 Å². The van der Waals surface area contributed by atoms with Crippen LogP contribution in [0.15, 0.2) is 28.7 Å². The Morgan fingerprint density at radius 3 is 2.26 bits per heavy atom. The van der Waals surface area contributed by atoms with Crippen molar-refractivity contribution in [3.05, 3.63) is 52.7 Å². The summed E-state index contributed by atoms with van der Waals surface area (Å²) in [6.07, 6.45) is 0. The van der Waals surface area contributed by atoms with E-state index in [4.69, 9.17) is 4.42 Å². The van der Waals surface area contributed by atoms with Crippen LogP contribution in [0.1, 0.15) is 27.4 Å². The Balaban J connectivity index is 1.72. The zero-order valence-corrected chi connectivity index (χ0v) is 13.7. The molecular formula is C18H21FN2O2. The summed E-state index contributed by atoms with van der Waals surface area (Å²) in [4.78, 5) is 16.5. The van der Waals surface area contributed by atoms with Crippen LogP contribution in [0, 0.1) is 26.6 Å². The third-order valence-corrected chi connectivity index (χ3v) is 4.54. The number of para-hydroxylation sites is 1. The molecule has 2 heterocycles. The van der Waals surface area contributed by atoms with Gasteiger partial charge in [0.15, 0.2) is 0 Å². The average molecular weight is 316 g/mol. The molecule has 5 heteroatoms. The molecule has 122 valence electrons. The highest BCUT2D eigenvalue weighted by molar-refractivity contribution is 5.97. The molecule has 2 aromatic rings. The number of furan rings is 1. The lowest BCUT2D eigenvalue weighted by Crippen LogP contribution is -2.49. The van der Waals surface area contributed by atoms with Gasteiger partial charge >= 0.3 is 0 Å². The van der Waals surface area contributed by atoms with Crippen LogP contribution in [0.5, 0.6) is 0 Å². The van der Waals surface area contributed by atoms with Crippen molar-refractivity contribution in [3.63, 3.8) is 0 Å². The highest BCUT2D eigenvalue weighted by Crippen LogP contribution is 2.24. The number of aryl methyl sites for hydroxylation is 2. The monoisotopic (exact) mass is 316 g/mol. The zero-order valence-electron chi connectivity index (χ0n) is 13.7. The maximum absolute atomic E-state index is 13.9. The number of amides is 1. The molecule has 1 aromatic carbocycles. The predicted molar refractivity (Wildman–Crippen MR) is 87.4 cm³/mol. The first-order valence-corrected chi connectivity index (χ1v) is 7.84. The average Bonchev–Trinajstić information content (AvgIpc) is 2.80. The number of rotatable bonds is 2. The van der Waals surface area contributed by atoms with Crippen LogP contribution in [0.25, 0.3) is 0 Å². The van der Waals surface area contributed by atoms with Crippen LogP contribution in [0.3, 0.4) is 0 Å². The van der Waals surface area contributed by atoms with Gasteiger partial charge < -0.3 is 14.2 Å². The smallest absolute Gasteiger partial charge is 0.257 e. The van der Waals surface area contributed by atoms with E-state index in [2.05, 4.69) is 0 Å². The van der Waals surface area contributed by atoms with Crippen LogP contribution in [-0.4, -0.2) is 37.0 Å². The SMILES string of the molecule is Cc1oc(C)c(C(=O)N2CCN(c3ccccc3F)CC2)c1C. The van der Waals surface area contributed by atoms with Crippen molar-refractivity contribution < 1.29 is 13.6 Å². The molecular weight excluding hydrogens is 295 g/mol. The summed E-state index contributed by atoms with van der Waals surface area (Å²) >= 11 is 0. The molecule has 4 nitrogen and oxygen atoms in total. The van der Waals surface area contributed by atoms with E-state index in [-0.39, 0.29) is 11.7 Å². The second-order valence-corrected chi connectivity index (χ2v) is 5.95. The fourth-order valence-electron chi connectivity index (χ4n) is 3.13. The number of anilines is 1. The molecule has 1 amide bonds. The lowest BCUT2D eigenvalue weighted by atomic mass is 10.1. The van der Waals surface area contributed by atoms with Gasteiger partial charge in [0.05, 0.1) is 11.3 Å². The number of piperazine rings is 1. The van der Waals surface area contributed by atoms with E-state index in [1.807, 2.05) is 36.6 Å². The van der Waals surface area contributed by atoms with Gasteiger partial charge in [0.2, 0.25) is 0 Å². The fourth-order valence-corrected chi connectivity index (χ4v) is 3.13. The predicted octanol–water partition coefficient (Wildman–Crippen LogP) is 3.31. The van der Waals surface area contributed by atoms with E-state index in [9.17, 15) is 9.18 Å². The minimum atomic E-state index is -0.218. The lowest BCUT2D eigenvalue weighted by molar-refractivity contribution is 0.0744. The Labute approximate surface area is 135 Å². The molecule has 3 rings (SSSR count). The van der Waals surface area contributed by atoms with E-state index >= 15 is 0 Å². The van der Waals surface area contributed by atoms with E-state index < -0.39 is 0 Å². The minimum Gasteiger partial charge on any atom is -0.466 e. The molecule has 0 unspecified atom stereocenters. The highest BCUT2D eigenvalue weighted by atomic mass is 19.1. The van der Waals surface area contributed by atoms with Gasteiger partial charge in [-0.3, -0.25) is 4.79 Å². The molecule has 0 spiro atoms. The van der Waals surface area contributed by atoms with E-state index in [1.165, 1.54) is 6.07 Å². The molecule has 0 bridgehead atoms. The molecule has 0 saturated carbocycles. The van der Waals surface area contributed by atoms with Crippen molar-refractivity contribution in [1.29, 1.82) is 0 Å². The second kappa shape index (κ2) is 6.07. The molecule has 1 aromatic heterocycles. The van der Waals surface area contributed by atoms with E-state index in [0.29, 0.717) is 43.2 Å². The van der Waals surface area contributed by atoms with Crippen molar-refractivity contribution in [2.75, 3.05) is 31.1 Å². The van der Waals surface area contributed by atoms with Crippen molar-refractivity contribution in [1.82, 2.24) is 4.90 Å². The largest absolute Gasteiger partial charge is 0.466 e. The van der Waals surface area contributed by atoms with Gasteiger partial charge in [0.1, 0.15) is 17.3 Å². The normalized spacial score (nSPS) is 15.1. The molecule has 1 saturated heterocycles. The standard InChI is InChI=1S/C18H21FN2O2/c1-12-13(2)23-14(3)17(12)18(22)21-10-8-20(9-11-21)16-7-5-4-6-15(16)19/h4-7H,8-11H2,1-3H3. The van der Waals surface area contributed by atoms with Gasteiger partial charge in [-0.25, -0.2) is 4.39 Å². The molecule has 1 fully saturated rings. The highest BCUT2D eigenvalue weighted by Gasteiger charge is 2.27. The van der Waals surface area contributed by atoms with Crippen molar-refractivity contribution in [2.24, 2.45) is 0 Å². The summed E-state index contributed by atoms with van der Waals surface area (Å²) in [6.45, 7) is 8.02.